The standard InChI is InChI=1S/C13H28O/c1-7-12(5,6)11-14-13(8-2,9-3)10-4/h7-11H2,1-6H3. The van der Waals surface area contributed by atoms with Gasteiger partial charge in [-0.15, -0.1) is 0 Å². The molecule has 1 heteroatoms. The molecular formula is C13H28O. The molecule has 0 radical (unpaired) electrons. The van der Waals surface area contributed by atoms with Gasteiger partial charge in [0, 0.05) is 0 Å². The van der Waals surface area contributed by atoms with Crippen LogP contribution in [0.1, 0.15) is 67.2 Å². The predicted molar refractivity (Wildman–Crippen MR) is 63.6 cm³/mol. The Hall–Kier alpha value is -0.0400. The van der Waals surface area contributed by atoms with Crippen LogP contribution < -0.4 is 0 Å². The Morgan fingerprint density at radius 3 is 1.50 bits per heavy atom. The van der Waals surface area contributed by atoms with Gasteiger partial charge in [-0.1, -0.05) is 41.5 Å². The summed E-state index contributed by atoms with van der Waals surface area (Å²) in [6.07, 6.45) is 4.56. The van der Waals surface area contributed by atoms with Crippen LogP contribution in [0.15, 0.2) is 0 Å². The molecular weight excluding hydrogens is 172 g/mol. The zero-order chi connectivity index (χ0) is 11.2. The lowest BCUT2D eigenvalue weighted by atomic mass is 9.89. The van der Waals surface area contributed by atoms with Gasteiger partial charge in [-0.3, -0.25) is 0 Å². The highest BCUT2D eigenvalue weighted by Crippen LogP contribution is 2.29. The zero-order valence-corrected chi connectivity index (χ0v) is 10.9. The third-order valence-corrected chi connectivity index (χ3v) is 3.66. The summed E-state index contributed by atoms with van der Waals surface area (Å²) in [7, 11) is 0. The van der Waals surface area contributed by atoms with E-state index < -0.39 is 0 Å². The van der Waals surface area contributed by atoms with Gasteiger partial charge in [0.05, 0.1) is 12.2 Å². The van der Waals surface area contributed by atoms with E-state index in [4.69, 9.17) is 4.74 Å². The van der Waals surface area contributed by atoms with Crippen molar-refractivity contribution in [3.8, 4) is 0 Å². The lowest BCUT2D eigenvalue weighted by Gasteiger charge is -2.35. The first-order valence-electron chi connectivity index (χ1n) is 6.09. The van der Waals surface area contributed by atoms with Crippen molar-refractivity contribution in [2.75, 3.05) is 6.61 Å². The normalized spacial score (nSPS) is 13.3. The van der Waals surface area contributed by atoms with Crippen molar-refractivity contribution in [1.82, 2.24) is 0 Å². The molecule has 0 aliphatic rings. The maximum atomic E-state index is 6.13. The molecule has 0 aromatic carbocycles. The minimum Gasteiger partial charge on any atom is -0.374 e. The fourth-order valence-corrected chi connectivity index (χ4v) is 1.51. The Morgan fingerprint density at radius 1 is 0.786 bits per heavy atom. The SMILES string of the molecule is CCC(C)(C)COC(CC)(CC)CC. The maximum Gasteiger partial charge on any atom is 0.0675 e. The first-order valence-corrected chi connectivity index (χ1v) is 6.09. The largest absolute Gasteiger partial charge is 0.374 e. The van der Waals surface area contributed by atoms with Crippen LogP contribution >= 0.6 is 0 Å². The van der Waals surface area contributed by atoms with Gasteiger partial charge in [-0.25, -0.2) is 0 Å². The molecule has 0 fully saturated rings. The van der Waals surface area contributed by atoms with Gasteiger partial charge in [0.15, 0.2) is 0 Å². The van der Waals surface area contributed by atoms with Crippen LogP contribution in [0.2, 0.25) is 0 Å². The molecule has 0 rings (SSSR count). The van der Waals surface area contributed by atoms with Crippen molar-refractivity contribution < 1.29 is 4.74 Å². The van der Waals surface area contributed by atoms with Crippen LogP contribution in [0.3, 0.4) is 0 Å². The lowest BCUT2D eigenvalue weighted by Crippen LogP contribution is -2.34. The summed E-state index contributed by atoms with van der Waals surface area (Å²) < 4.78 is 6.13. The van der Waals surface area contributed by atoms with E-state index in [1.165, 1.54) is 6.42 Å². The molecule has 0 atom stereocenters. The molecule has 0 aromatic heterocycles. The Balaban J connectivity index is 4.19. The maximum absolute atomic E-state index is 6.13. The first kappa shape index (κ1) is 14.0. The average Bonchev–Trinajstić information content (AvgIpc) is 2.21. The highest BCUT2D eigenvalue weighted by atomic mass is 16.5. The van der Waals surface area contributed by atoms with Crippen LogP contribution in [0, 0.1) is 5.41 Å². The van der Waals surface area contributed by atoms with Gasteiger partial charge in [0.1, 0.15) is 0 Å². The summed E-state index contributed by atoms with van der Waals surface area (Å²) >= 11 is 0. The predicted octanol–water partition coefficient (Wildman–Crippen LogP) is 4.41. The Morgan fingerprint density at radius 2 is 1.21 bits per heavy atom. The van der Waals surface area contributed by atoms with Gasteiger partial charge < -0.3 is 4.74 Å². The monoisotopic (exact) mass is 200 g/mol. The molecule has 0 N–H and O–H groups in total. The second-order valence-corrected chi connectivity index (χ2v) is 5.05. The second kappa shape index (κ2) is 5.75. The van der Waals surface area contributed by atoms with Crippen LogP contribution in [-0.4, -0.2) is 12.2 Å². The quantitative estimate of drug-likeness (QED) is 0.591. The molecule has 0 saturated heterocycles. The lowest BCUT2D eigenvalue weighted by molar-refractivity contribution is -0.0851. The minimum atomic E-state index is 0.131. The summed E-state index contributed by atoms with van der Waals surface area (Å²) in [5.41, 5.74) is 0.456. The average molecular weight is 200 g/mol. The third-order valence-electron chi connectivity index (χ3n) is 3.66. The number of hydrogen-bond donors (Lipinski definition) is 0. The molecule has 0 amide bonds. The molecule has 0 spiro atoms. The van der Waals surface area contributed by atoms with Crippen molar-refractivity contribution >= 4 is 0 Å². The van der Waals surface area contributed by atoms with Crippen LogP contribution in [0.25, 0.3) is 0 Å². The number of ether oxygens (including phenoxy) is 1. The minimum absolute atomic E-state index is 0.131. The molecule has 0 bridgehead atoms. The Labute approximate surface area is 90.2 Å². The Bertz CT molecular complexity index is 137. The molecule has 0 unspecified atom stereocenters. The molecule has 0 heterocycles. The van der Waals surface area contributed by atoms with Gasteiger partial charge >= 0.3 is 0 Å². The van der Waals surface area contributed by atoms with E-state index in [1.54, 1.807) is 0 Å². The molecule has 14 heavy (non-hydrogen) atoms. The van der Waals surface area contributed by atoms with E-state index in [9.17, 15) is 0 Å². The molecule has 86 valence electrons. The van der Waals surface area contributed by atoms with E-state index in [-0.39, 0.29) is 5.60 Å². The summed E-state index contributed by atoms with van der Waals surface area (Å²) in [4.78, 5) is 0. The topological polar surface area (TPSA) is 9.23 Å². The molecule has 0 saturated carbocycles. The summed E-state index contributed by atoms with van der Waals surface area (Å²) in [6.45, 7) is 14.4. The fourth-order valence-electron chi connectivity index (χ4n) is 1.51. The smallest absolute Gasteiger partial charge is 0.0675 e. The zero-order valence-electron chi connectivity index (χ0n) is 10.9. The van der Waals surface area contributed by atoms with Gasteiger partial charge in [0.25, 0.3) is 0 Å². The highest BCUT2D eigenvalue weighted by Gasteiger charge is 2.27. The third kappa shape index (κ3) is 4.00. The van der Waals surface area contributed by atoms with Crippen LogP contribution in [0.4, 0.5) is 0 Å². The second-order valence-electron chi connectivity index (χ2n) is 5.05. The van der Waals surface area contributed by atoms with E-state index in [2.05, 4.69) is 41.5 Å². The van der Waals surface area contributed by atoms with Crippen LogP contribution in [-0.2, 0) is 4.74 Å². The molecule has 0 aliphatic heterocycles. The molecule has 1 nitrogen and oxygen atoms in total. The van der Waals surface area contributed by atoms with E-state index in [1.807, 2.05) is 0 Å². The molecule has 0 aliphatic carbocycles. The first-order chi connectivity index (χ1) is 6.45. The highest BCUT2D eigenvalue weighted by molar-refractivity contribution is 4.77. The van der Waals surface area contributed by atoms with Crippen molar-refractivity contribution in [2.24, 2.45) is 5.41 Å². The summed E-state index contributed by atoms with van der Waals surface area (Å²) in [5, 5.41) is 0. The fraction of sp³-hybridized carbons (Fsp3) is 1.00. The van der Waals surface area contributed by atoms with E-state index in [0.29, 0.717) is 5.41 Å². The Kier molecular flexibility index (Phi) is 5.73. The van der Waals surface area contributed by atoms with Crippen molar-refractivity contribution in [3.05, 3.63) is 0 Å². The van der Waals surface area contributed by atoms with Gasteiger partial charge in [0.2, 0.25) is 0 Å². The number of rotatable bonds is 7. The van der Waals surface area contributed by atoms with Crippen LogP contribution in [0.5, 0.6) is 0 Å². The van der Waals surface area contributed by atoms with Crippen molar-refractivity contribution in [2.45, 2.75) is 72.8 Å². The van der Waals surface area contributed by atoms with Crippen molar-refractivity contribution in [3.63, 3.8) is 0 Å². The van der Waals surface area contributed by atoms with E-state index in [0.717, 1.165) is 25.9 Å². The van der Waals surface area contributed by atoms with Crippen molar-refractivity contribution in [1.29, 1.82) is 0 Å². The number of hydrogen-bond acceptors (Lipinski definition) is 1. The van der Waals surface area contributed by atoms with Gasteiger partial charge in [-0.05, 0) is 31.1 Å². The van der Waals surface area contributed by atoms with Gasteiger partial charge in [-0.2, -0.15) is 0 Å². The summed E-state index contributed by atoms with van der Waals surface area (Å²) in [6, 6.07) is 0. The molecule has 0 aromatic rings. The van der Waals surface area contributed by atoms with E-state index >= 15 is 0 Å². The summed E-state index contributed by atoms with van der Waals surface area (Å²) in [5.74, 6) is 0.